The highest BCUT2D eigenvalue weighted by Gasteiger charge is 2.03. The standard InChI is InChI=1S/C17H28BrN3O2/c1-13(2)7-9-23-10-8-20-17(19-3)21-12-14-5-6-16(22-4)15(18)11-14/h5-6,11,13H,7-10,12H2,1-4H3,(H2,19,20,21). The Morgan fingerprint density at radius 1 is 1.26 bits per heavy atom. The van der Waals surface area contributed by atoms with E-state index in [0.29, 0.717) is 19.1 Å². The lowest BCUT2D eigenvalue weighted by Gasteiger charge is -2.13. The van der Waals surface area contributed by atoms with Crippen molar-refractivity contribution in [2.45, 2.75) is 26.8 Å². The van der Waals surface area contributed by atoms with Crippen LogP contribution >= 0.6 is 15.9 Å². The molecule has 0 saturated carbocycles. The number of nitrogens with zero attached hydrogens (tertiary/aromatic N) is 1. The fraction of sp³-hybridized carbons (Fsp3) is 0.588. The van der Waals surface area contributed by atoms with Crippen molar-refractivity contribution in [2.75, 3.05) is 33.9 Å². The maximum atomic E-state index is 5.58. The number of hydrogen-bond donors (Lipinski definition) is 2. The molecule has 0 radical (unpaired) electrons. The zero-order valence-corrected chi connectivity index (χ0v) is 16.1. The molecule has 0 atom stereocenters. The topological polar surface area (TPSA) is 54.9 Å². The van der Waals surface area contributed by atoms with Gasteiger partial charge in [0.1, 0.15) is 5.75 Å². The molecule has 0 bridgehead atoms. The molecule has 1 aromatic carbocycles. The number of guanidine groups is 1. The van der Waals surface area contributed by atoms with E-state index < -0.39 is 0 Å². The summed E-state index contributed by atoms with van der Waals surface area (Å²) in [6.45, 7) is 7.32. The third-order valence-electron chi connectivity index (χ3n) is 3.28. The zero-order valence-electron chi connectivity index (χ0n) is 14.5. The summed E-state index contributed by atoms with van der Waals surface area (Å²) in [6.07, 6.45) is 1.10. The molecule has 5 nitrogen and oxygen atoms in total. The van der Waals surface area contributed by atoms with Crippen LogP contribution in [0.2, 0.25) is 0 Å². The number of ether oxygens (including phenoxy) is 2. The number of hydrogen-bond acceptors (Lipinski definition) is 3. The van der Waals surface area contributed by atoms with Gasteiger partial charge in [-0.1, -0.05) is 19.9 Å². The second-order valence-electron chi connectivity index (χ2n) is 5.62. The van der Waals surface area contributed by atoms with E-state index in [9.17, 15) is 0 Å². The summed E-state index contributed by atoms with van der Waals surface area (Å²) in [5.74, 6) is 2.28. The monoisotopic (exact) mass is 385 g/mol. The lowest BCUT2D eigenvalue weighted by atomic mass is 10.1. The molecule has 0 spiro atoms. The first kappa shape index (κ1) is 19.8. The molecule has 130 valence electrons. The van der Waals surface area contributed by atoms with Gasteiger partial charge in [0.15, 0.2) is 5.96 Å². The number of nitrogens with one attached hydrogen (secondary N) is 2. The predicted octanol–water partition coefficient (Wildman–Crippen LogP) is 3.19. The van der Waals surface area contributed by atoms with Gasteiger partial charge < -0.3 is 20.1 Å². The lowest BCUT2D eigenvalue weighted by Crippen LogP contribution is -2.38. The van der Waals surface area contributed by atoms with Crippen LogP contribution in [0, 0.1) is 5.92 Å². The van der Waals surface area contributed by atoms with E-state index in [1.807, 2.05) is 18.2 Å². The molecule has 0 amide bonds. The van der Waals surface area contributed by atoms with Crippen LogP contribution < -0.4 is 15.4 Å². The first-order valence-corrected chi connectivity index (χ1v) is 8.70. The maximum Gasteiger partial charge on any atom is 0.191 e. The Labute approximate surface area is 148 Å². The van der Waals surface area contributed by atoms with Crippen LogP contribution in [-0.2, 0) is 11.3 Å². The van der Waals surface area contributed by atoms with Crippen LogP contribution in [0.15, 0.2) is 27.7 Å². The van der Waals surface area contributed by atoms with E-state index >= 15 is 0 Å². The normalized spacial score (nSPS) is 11.7. The summed E-state index contributed by atoms with van der Waals surface area (Å²) >= 11 is 3.49. The Morgan fingerprint density at radius 2 is 2.04 bits per heavy atom. The van der Waals surface area contributed by atoms with Crippen molar-refractivity contribution in [1.82, 2.24) is 10.6 Å². The van der Waals surface area contributed by atoms with Crippen LogP contribution in [0.4, 0.5) is 0 Å². The Kier molecular flexibility index (Phi) is 9.71. The van der Waals surface area contributed by atoms with E-state index in [4.69, 9.17) is 9.47 Å². The summed E-state index contributed by atoms with van der Waals surface area (Å²) < 4.78 is 11.8. The largest absolute Gasteiger partial charge is 0.496 e. The molecule has 0 aromatic heterocycles. The minimum atomic E-state index is 0.682. The SMILES string of the molecule is CN=C(NCCOCCC(C)C)NCc1ccc(OC)c(Br)c1. The highest BCUT2D eigenvalue weighted by molar-refractivity contribution is 9.10. The van der Waals surface area contributed by atoms with Crippen LogP contribution in [-0.4, -0.2) is 39.9 Å². The van der Waals surface area contributed by atoms with Gasteiger partial charge in [-0.05, 0) is 46.0 Å². The van der Waals surface area contributed by atoms with E-state index in [-0.39, 0.29) is 0 Å². The first-order chi connectivity index (χ1) is 11.1. The van der Waals surface area contributed by atoms with E-state index in [2.05, 4.69) is 45.4 Å². The molecule has 23 heavy (non-hydrogen) atoms. The minimum Gasteiger partial charge on any atom is -0.496 e. The average Bonchev–Trinajstić information content (AvgIpc) is 2.53. The highest BCUT2D eigenvalue weighted by atomic mass is 79.9. The van der Waals surface area contributed by atoms with E-state index in [0.717, 1.165) is 41.3 Å². The van der Waals surface area contributed by atoms with Crippen molar-refractivity contribution in [1.29, 1.82) is 0 Å². The molecular weight excluding hydrogens is 358 g/mol. The summed E-state index contributed by atoms with van der Waals surface area (Å²) in [4.78, 5) is 4.21. The van der Waals surface area contributed by atoms with Crippen molar-refractivity contribution in [3.05, 3.63) is 28.2 Å². The molecule has 6 heteroatoms. The van der Waals surface area contributed by atoms with E-state index in [1.165, 1.54) is 0 Å². The number of benzene rings is 1. The smallest absolute Gasteiger partial charge is 0.191 e. The molecule has 0 fully saturated rings. The summed E-state index contributed by atoms with van der Waals surface area (Å²) in [5.41, 5.74) is 1.15. The zero-order chi connectivity index (χ0) is 17.1. The number of methoxy groups -OCH3 is 1. The molecular formula is C17H28BrN3O2. The van der Waals surface area contributed by atoms with Crippen LogP contribution in [0.25, 0.3) is 0 Å². The third-order valence-corrected chi connectivity index (χ3v) is 3.90. The Morgan fingerprint density at radius 3 is 2.65 bits per heavy atom. The van der Waals surface area contributed by atoms with Crippen molar-refractivity contribution < 1.29 is 9.47 Å². The quantitative estimate of drug-likeness (QED) is 0.389. The lowest BCUT2D eigenvalue weighted by molar-refractivity contribution is 0.128. The Bertz CT molecular complexity index is 493. The molecule has 1 aromatic rings. The van der Waals surface area contributed by atoms with Gasteiger partial charge in [-0.2, -0.15) is 0 Å². The van der Waals surface area contributed by atoms with Crippen molar-refractivity contribution in [3.8, 4) is 5.75 Å². The number of rotatable bonds is 9. The molecule has 1 rings (SSSR count). The summed E-state index contributed by atoms with van der Waals surface area (Å²) in [6, 6.07) is 6.01. The molecule has 0 saturated heterocycles. The Balaban J connectivity index is 2.27. The first-order valence-electron chi connectivity index (χ1n) is 7.91. The molecule has 2 N–H and O–H groups in total. The van der Waals surface area contributed by atoms with E-state index in [1.54, 1.807) is 14.2 Å². The van der Waals surface area contributed by atoms with Gasteiger partial charge in [0.05, 0.1) is 18.2 Å². The van der Waals surface area contributed by atoms with Gasteiger partial charge in [-0.15, -0.1) is 0 Å². The van der Waals surface area contributed by atoms with Crippen molar-refractivity contribution in [3.63, 3.8) is 0 Å². The minimum absolute atomic E-state index is 0.682. The molecule has 0 unspecified atom stereocenters. The fourth-order valence-corrected chi connectivity index (χ4v) is 2.48. The molecule has 0 aliphatic carbocycles. The molecule has 0 aliphatic rings. The fourth-order valence-electron chi connectivity index (χ4n) is 1.89. The maximum absolute atomic E-state index is 5.58. The van der Waals surface area contributed by atoms with Gasteiger partial charge in [0, 0.05) is 26.7 Å². The average molecular weight is 386 g/mol. The van der Waals surface area contributed by atoms with Gasteiger partial charge in [0.25, 0.3) is 0 Å². The molecule has 0 aliphatic heterocycles. The summed E-state index contributed by atoms with van der Waals surface area (Å²) in [5, 5.41) is 6.52. The number of halogens is 1. The van der Waals surface area contributed by atoms with Crippen LogP contribution in [0.3, 0.4) is 0 Å². The summed E-state index contributed by atoms with van der Waals surface area (Å²) in [7, 11) is 3.42. The number of aliphatic imine (C=N–C) groups is 1. The molecule has 0 heterocycles. The highest BCUT2D eigenvalue weighted by Crippen LogP contribution is 2.25. The van der Waals surface area contributed by atoms with Gasteiger partial charge in [-0.25, -0.2) is 0 Å². The van der Waals surface area contributed by atoms with Crippen LogP contribution in [0.1, 0.15) is 25.8 Å². The van der Waals surface area contributed by atoms with Crippen molar-refractivity contribution in [2.24, 2.45) is 10.9 Å². The Hall–Kier alpha value is -1.27. The second kappa shape index (κ2) is 11.3. The predicted molar refractivity (Wildman–Crippen MR) is 99.2 cm³/mol. The van der Waals surface area contributed by atoms with Crippen molar-refractivity contribution >= 4 is 21.9 Å². The van der Waals surface area contributed by atoms with Gasteiger partial charge >= 0.3 is 0 Å². The second-order valence-corrected chi connectivity index (χ2v) is 6.47. The third kappa shape index (κ3) is 8.23. The van der Waals surface area contributed by atoms with Crippen LogP contribution in [0.5, 0.6) is 5.75 Å². The van der Waals surface area contributed by atoms with Gasteiger partial charge in [0.2, 0.25) is 0 Å². The van der Waals surface area contributed by atoms with Gasteiger partial charge in [-0.3, -0.25) is 4.99 Å².